The first kappa shape index (κ1) is 22.9. The maximum atomic E-state index is 4.98. The first-order valence-corrected chi connectivity index (χ1v) is 14.3. The number of nitrogens with zero attached hydrogens (tertiary/aromatic N) is 2. The Balaban J connectivity index is 1.17. The molecule has 8 aromatic rings. The van der Waals surface area contributed by atoms with Crippen LogP contribution < -0.4 is 0 Å². The highest BCUT2D eigenvalue weighted by Gasteiger charge is 2.16. The van der Waals surface area contributed by atoms with Crippen LogP contribution in [-0.4, -0.2) is 9.38 Å². The summed E-state index contributed by atoms with van der Waals surface area (Å²) in [6.45, 7) is 0. The van der Waals surface area contributed by atoms with E-state index in [1.165, 1.54) is 42.4 Å². The average molecular weight is 529 g/mol. The SMILES string of the molecule is c1ccc(-c2nc3ccccn3c2-c2ccc(-c3cccc(-c4ccc5c(c4)sc4ccccc45)c3)cc2)cc1. The maximum Gasteiger partial charge on any atom is 0.137 e. The second kappa shape index (κ2) is 9.33. The Kier molecular flexibility index (Phi) is 5.35. The summed E-state index contributed by atoms with van der Waals surface area (Å²) in [5.74, 6) is 0. The Morgan fingerprint density at radius 2 is 1.10 bits per heavy atom. The van der Waals surface area contributed by atoms with Crippen molar-refractivity contribution in [2.75, 3.05) is 0 Å². The van der Waals surface area contributed by atoms with Crippen molar-refractivity contribution in [3.8, 4) is 44.8 Å². The molecule has 0 spiro atoms. The van der Waals surface area contributed by atoms with Gasteiger partial charge < -0.3 is 0 Å². The molecular formula is C37H24N2S. The van der Waals surface area contributed by atoms with Gasteiger partial charge in [-0.15, -0.1) is 11.3 Å². The molecule has 2 nitrogen and oxygen atoms in total. The van der Waals surface area contributed by atoms with Crippen LogP contribution in [0, 0.1) is 0 Å². The first-order chi connectivity index (χ1) is 19.8. The van der Waals surface area contributed by atoms with Gasteiger partial charge in [-0.2, -0.15) is 0 Å². The van der Waals surface area contributed by atoms with Crippen molar-refractivity contribution in [1.29, 1.82) is 0 Å². The molecule has 0 aliphatic carbocycles. The van der Waals surface area contributed by atoms with E-state index in [1.807, 2.05) is 23.5 Å². The summed E-state index contributed by atoms with van der Waals surface area (Å²) >= 11 is 1.86. The van der Waals surface area contributed by atoms with Crippen molar-refractivity contribution in [2.45, 2.75) is 0 Å². The zero-order chi connectivity index (χ0) is 26.5. The summed E-state index contributed by atoms with van der Waals surface area (Å²) in [6, 6.07) is 49.8. The number of benzene rings is 5. The predicted molar refractivity (Wildman–Crippen MR) is 170 cm³/mol. The summed E-state index contributed by atoms with van der Waals surface area (Å²) in [7, 11) is 0. The molecule has 0 radical (unpaired) electrons. The molecule has 3 heterocycles. The van der Waals surface area contributed by atoms with Crippen LogP contribution >= 0.6 is 11.3 Å². The number of rotatable bonds is 4. The molecule has 0 saturated carbocycles. The topological polar surface area (TPSA) is 17.3 Å². The van der Waals surface area contributed by atoms with Crippen molar-refractivity contribution in [3.05, 3.63) is 146 Å². The van der Waals surface area contributed by atoms with E-state index in [0.29, 0.717) is 0 Å². The molecule has 3 heteroatoms. The molecule has 0 aliphatic rings. The summed E-state index contributed by atoms with van der Waals surface area (Å²) in [5.41, 5.74) is 10.2. The minimum Gasteiger partial charge on any atom is -0.299 e. The number of hydrogen-bond donors (Lipinski definition) is 0. The molecule has 0 bridgehead atoms. The van der Waals surface area contributed by atoms with E-state index >= 15 is 0 Å². The van der Waals surface area contributed by atoms with Gasteiger partial charge in [-0.3, -0.25) is 4.40 Å². The summed E-state index contributed by atoms with van der Waals surface area (Å²) < 4.78 is 4.85. The number of thiophene rings is 1. The third kappa shape index (κ3) is 3.83. The monoisotopic (exact) mass is 528 g/mol. The van der Waals surface area contributed by atoms with E-state index < -0.39 is 0 Å². The molecule has 5 aromatic carbocycles. The van der Waals surface area contributed by atoms with Gasteiger partial charge in [-0.05, 0) is 52.6 Å². The van der Waals surface area contributed by atoms with Crippen molar-refractivity contribution in [2.24, 2.45) is 0 Å². The Bertz CT molecular complexity index is 2150. The molecule has 0 saturated heterocycles. The lowest BCUT2D eigenvalue weighted by atomic mass is 9.97. The molecule has 40 heavy (non-hydrogen) atoms. The highest BCUT2D eigenvalue weighted by atomic mass is 32.1. The Hall–Kier alpha value is -4.99. The number of imidazole rings is 1. The standard InChI is InChI=1S/C37H24N2S/c1-2-9-26(10-3-1)36-37(39-22-7-6-15-35(39)38-36)27-18-16-25(17-19-27)28-11-8-12-29(23-28)30-20-21-32-31-13-4-5-14-33(31)40-34(32)24-30/h1-24H. The van der Waals surface area contributed by atoms with Crippen LogP contribution in [0.2, 0.25) is 0 Å². The molecule has 0 amide bonds. The zero-order valence-electron chi connectivity index (χ0n) is 21.7. The van der Waals surface area contributed by atoms with Crippen LogP contribution in [0.25, 0.3) is 70.6 Å². The van der Waals surface area contributed by atoms with Crippen LogP contribution in [0.5, 0.6) is 0 Å². The molecule has 0 N–H and O–H groups in total. The van der Waals surface area contributed by atoms with Gasteiger partial charge in [0.1, 0.15) is 5.65 Å². The van der Waals surface area contributed by atoms with Gasteiger partial charge in [0.2, 0.25) is 0 Å². The molecule has 3 aromatic heterocycles. The van der Waals surface area contributed by atoms with E-state index in [9.17, 15) is 0 Å². The lowest BCUT2D eigenvalue weighted by Gasteiger charge is -2.09. The van der Waals surface area contributed by atoms with Crippen molar-refractivity contribution in [1.82, 2.24) is 9.38 Å². The number of fused-ring (bicyclic) bond motifs is 4. The van der Waals surface area contributed by atoms with E-state index in [0.717, 1.165) is 28.2 Å². The minimum absolute atomic E-state index is 0.948. The second-order valence-corrected chi connectivity index (χ2v) is 11.2. The van der Waals surface area contributed by atoms with E-state index in [4.69, 9.17) is 4.98 Å². The van der Waals surface area contributed by atoms with Gasteiger partial charge in [0.15, 0.2) is 0 Å². The summed E-state index contributed by atoms with van der Waals surface area (Å²) in [4.78, 5) is 4.98. The van der Waals surface area contributed by atoms with Crippen molar-refractivity contribution in [3.63, 3.8) is 0 Å². The van der Waals surface area contributed by atoms with Gasteiger partial charge >= 0.3 is 0 Å². The maximum absolute atomic E-state index is 4.98. The fourth-order valence-electron chi connectivity index (χ4n) is 5.67. The largest absolute Gasteiger partial charge is 0.299 e. The number of hydrogen-bond acceptors (Lipinski definition) is 2. The Morgan fingerprint density at radius 3 is 1.98 bits per heavy atom. The van der Waals surface area contributed by atoms with Gasteiger partial charge in [0.25, 0.3) is 0 Å². The van der Waals surface area contributed by atoms with Crippen molar-refractivity contribution < 1.29 is 0 Å². The number of aromatic nitrogens is 2. The highest BCUT2D eigenvalue weighted by molar-refractivity contribution is 7.25. The van der Waals surface area contributed by atoms with Crippen molar-refractivity contribution >= 4 is 37.2 Å². The number of pyridine rings is 1. The fourth-order valence-corrected chi connectivity index (χ4v) is 6.82. The quantitative estimate of drug-likeness (QED) is 0.222. The van der Waals surface area contributed by atoms with E-state index in [1.54, 1.807) is 0 Å². The Morgan fingerprint density at radius 1 is 0.450 bits per heavy atom. The van der Waals surface area contributed by atoms with Gasteiger partial charge in [-0.25, -0.2) is 4.98 Å². The van der Waals surface area contributed by atoms with Crippen LogP contribution in [-0.2, 0) is 0 Å². The predicted octanol–water partition coefficient (Wildman–Crippen LogP) is 10.4. The van der Waals surface area contributed by atoms with Gasteiger partial charge in [0, 0.05) is 37.5 Å². The third-order valence-corrected chi connectivity index (χ3v) is 8.78. The zero-order valence-corrected chi connectivity index (χ0v) is 22.5. The van der Waals surface area contributed by atoms with Gasteiger partial charge in [-0.1, -0.05) is 109 Å². The normalized spacial score (nSPS) is 11.5. The average Bonchev–Trinajstić information content (AvgIpc) is 3.60. The smallest absolute Gasteiger partial charge is 0.137 e. The van der Waals surface area contributed by atoms with Crippen LogP contribution in [0.15, 0.2) is 146 Å². The first-order valence-electron chi connectivity index (χ1n) is 13.5. The highest BCUT2D eigenvalue weighted by Crippen LogP contribution is 2.38. The molecule has 188 valence electrons. The molecule has 0 aliphatic heterocycles. The fraction of sp³-hybridized carbons (Fsp3) is 0. The van der Waals surface area contributed by atoms with E-state index in [-0.39, 0.29) is 0 Å². The molecule has 0 unspecified atom stereocenters. The molecule has 0 atom stereocenters. The lowest BCUT2D eigenvalue weighted by molar-refractivity contribution is 1.19. The molecule has 0 fully saturated rings. The van der Waals surface area contributed by atoms with Gasteiger partial charge in [0.05, 0.1) is 11.4 Å². The second-order valence-electron chi connectivity index (χ2n) is 10.1. The minimum atomic E-state index is 0.948. The third-order valence-electron chi connectivity index (χ3n) is 7.64. The van der Waals surface area contributed by atoms with Crippen LogP contribution in [0.3, 0.4) is 0 Å². The van der Waals surface area contributed by atoms with E-state index in [2.05, 4.69) is 138 Å². The lowest BCUT2D eigenvalue weighted by Crippen LogP contribution is -1.89. The molecular weight excluding hydrogens is 504 g/mol. The van der Waals surface area contributed by atoms with Crippen LogP contribution in [0.4, 0.5) is 0 Å². The molecule has 8 rings (SSSR count). The Labute approximate surface area is 236 Å². The van der Waals surface area contributed by atoms with Crippen LogP contribution in [0.1, 0.15) is 0 Å². The summed E-state index contributed by atoms with van der Waals surface area (Å²) in [5, 5.41) is 2.67. The summed E-state index contributed by atoms with van der Waals surface area (Å²) in [6.07, 6.45) is 2.09.